The molecule has 0 saturated heterocycles. The zero-order valence-corrected chi connectivity index (χ0v) is 14.2. The first-order valence-electron chi connectivity index (χ1n) is 5.58. The summed E-state index contributed by atoms with van der Waals surface area (Å²) in [5.74, 6) is 0.820. The van der Waals surface area contributed by atoms with Crippen molar-refractivity contribution in [1.82, 2.24) is 15.2 Å². The van der Waals surface area contributed by atoms with E-state index in [0.29, 0.717) is 22.8 Å². The molecule has 7 heteroatoms. The van der Waals surface area contributed by atoms with E-state index in [9.17, 15) is 0 Å². The summed E-state index contributed by atoms with van der Waals surface area (Å²) in [5, 5.41) is 7.70. The summed E-state index contributed by atoms with van der Waals surface area (Å²) >= 11 is 12.0. The first-order chi connectivity index (χ1) is 8.11. The van der Waals surface area contributed by atoms with Gasteiger partial charge in [-0.15, -0.1) is 24.0 Å². The quantitative estimate of drug-likeness (QED) is 0.463. The zero-order valence-electron chi connectivity index (χ0n) is 10.3. The monoisotopic (exact) mass is 402 g/mol. The molecule has 0 aliphatic heterocycles. The van der Waals surface area contributed by atoms with Crippen LogP contribution in [0.4, 0.5) is 0 Å². The average molecular weight is 403 g/mol. The molecule has 18 heavy (non-hydrogen) atoms. The SMILES string of the molecule is CN=C(NCc1cc(Cl)c(Cl)n1C)NC1CC1.I. The van der Waals surface area contributed by atoms with E-state index in [0.717, 1.165) is 11.7 Å². The minimum Gasteiger partial charge on any atom is -0.354 e. The molecule has 0 bridgehead atoms. The van der Waals surface area contributed by atoms with Gasteiger partial charge in [-0.3, -0.25) is 4.99 Å². The van der Waals surface area contributed by atoms with E-state index >= 15 is 0 Å². The summed E-state index contributed by atoms with van der Waals surface area (Å²) in [4.78, 5) is 4.16. The highest BCUT2D eigenvalue weighted by Gasteiger charge is 2.22. The molecular weight excluding hydrogens is 386 g/mol. The molecule has 4 nitrogen and oxygen atoms in total. The number of hydrogen-bond donors (Lipinski definition) is 2. The van der Waals surface area contributed by atoms with Gasteiger partial charge in [0.15, 0.2) is 5.96 Å². The number of halogens is 3. The molecule has 1 aromatic rings. The molecule has 1 heterocycles. The Hall–Kier alpha value is -0.140. The Bertz CT molecular complexity index is 440. The van der Waals surface area contributed by atoms with Crippen molar-refractivity contribution < 1.29 is 0 Å². The summed E-state index contributed by atoms with van der Waals surface area (Å²) in [7, 11) is 3.66. The number of nitrogens with zero attached hydrogens (tertiary/aromatic N) is 2. The lowest BCUT2D eigenvalue weighted by Crippen LogP contribution is -2.38. The van der Waals surface area contributed by atoms with Crippen LogP contribution in [-0.4, -0.2) is 23.6 Å². The molecule has 0 radical (unpaired) electrons. The van der Waals surface area contributed by atoms with Crippen LogP contribution in [-0.2, 0) is 13.6 Å². The largest absolute Gasteiger partial charge is 0.354 e. The molecule has 1 saturated carbocycles. The first-order valence-corrected chi connectivity index (χ1v) is 6.34. The third-order valence-electron chi connectivity index (χ3n) is 2.79. The molecule has 0 aromatic carbocycles. The van der Waals surface area contributed by atoms with E-state index in [1.807, 2.05) is 17.7 Å². The number of aliphatic imine (C=N–C) groups is 1. The highest BCUT2D eigenvalue weighted by molar-refractivity contribution is 14.0. The van der Waals surface area contributed by atoms with Crippen molar-refractivity contribution in [2.75, 3.05) is 7.05 Å². The van der Waals surface area contributed by atoms with Gasteiger partial charge >= 0.3 is 0 Å². The van der Waals surface area contributed by atoms with Crippen molar-refractivity contribution in [1.29, 1.82) is 0 Å². The van der Waals surface area contributed by atoms with E-state index in [2.05, 4.69) is 15.6 Å². The number of hydrogen-bond acceptors (Lipinski definition) is 1. The first kappa shape index (κ1) is 15.9. The molecule has 0 amide bonds. The van der Waals surface area contributed by atoms with Gasteiger partial charge in [0.1, 0.15) is 5.15 Å². The van der Waals surface area contributed by atoms with Crippen LogP contribution in [0.3, 0.4) is 0 Å². The van der Waals surface area contributed by atoms with Gasteiger partial charge in [0.05, 0.1) is 11.6 Å². The van der Waals surface area contributed by atoms with Crippen LogP contribution in [0.1, 0.15) is 18.5 Å². The Morgan fingerprint density at radius 2 is 2.17 bits per heavy atom. The Morgan fingerprint density at radius 1 is 1.50 bits per heavy atom. The average Bonchev–Trinajstić information content (AvgIpc) is 3.10. The summed E-state index contributed by atoms with van der Waals surface area (Å²) < 4.78 is 1.86. The zero-order chi connectivity index (χ0) is 12.4. The minimum absolute atomic E-state index is 0. The summed E-state index contributed by atoms with van der Waals surface area (Å²) in [6.45, 7) is 0.648. The molecule has 102 valence electrons. The van der Waals surface area contributed by atoms with Crippen molar-refractivity contribution in [3.8, 4) is 0 Å². The topological polar surface area (TPSA) is 41.4 Å². The van der Waals surface area contributed by atoms with E-state index in [-0.39, 0.29) is 24.0 Å². The summed E-state index contributed by atoms with van der Waals surface area (Å²) in [5.41, 5.74) is 1.03. The third kappa shape index (κ3) is 3.93. The predicted octanol–water partition coefficient (Wildman–Crippen LogP) is 2.78. The predicted molar refractivity (Wildman–Crippen MR) is 87.2 cm³/mol. The molecule has 1 fully saturated rings. The van der Waals surface area contributed by atoms with Gasteiger partial charge in [0, 0.05) is 25.8 Å². The lowest BCUT2D eigenvalue weighted by molar-refractivity contribution is 0.749. The smallest absolute Gasteiger partial charge is 0.191 e. The molecular formula is C11H17Cl2IN4. The van der Waals surface area contributed by atoms with Crippen molar-refractivity contribution >= 4 is 53.1 Å². The molecule has 0 spiro atoms. The van der Waals surface area contributed by atoms with Crippen LogP contribution >= 0.6 is 47.2 Å². The highest BCUT2D eigenvalue weighted by Crippen LogP contribution is 2.25. The highest BCUT2D eigenvalue weighted by atomic mass is 127. The van der Waals surface area contributed by atoms with Crippen molar-refractivity contribution in [2.45, 2.75) is 25.4 Å². The number of guanidine groups is 1. The van der Waals surface area contributed by atoms with Crippen LogP contribution in [0, 0.1) is 0 Å². The Balaban J connectivity index is 0.00000162. The van der Waals surface area contributed by atoms with E-state index in [1.54, 1.807) is 7.05 Å². The molecule has 1 aliphatic rings. The second-order valence-corrected chi connectivity index (χ2v) is 4.94. The second-order valence-electron chi connectivity index (χ2n) is 4.18. The molecule has 1 aliphatic carbocycles. The fraction of sp³-hybridized carbons (Fsp3) is 0.545. The van der Waals surface area contributed by atoms with Crippen molar-refractivity contribution in [3.63, 3.8) is 0 Å². The summed E-state index contributed by atoms with van der Waals surface area (Å²) in [6.07, 6.45) is 2.45. The van der Waals surface area contributed by atoms with Gasteiger partial charge in [-0.2, -0.15) is 0 Å². The van der Waals surface area contributed by atoms with E-state index < -0.39 is 0 Å². The lowest BCUT2D eigenvalue weighted by Gasteiger charge is -2.11. The lowest BCUT2D eigenvalue weighted by atomic mass is 10.4. The van der Waals surface area contributed by atoms with Crippen LogP contribution in [0.15, 0.2) is 11.1 Å². The molecule has 2 rings (SSSR count). The maximum absolute atomic E-state index is 6.00. The van der Waals surface area contributed by atoms with Gasteiger partial charge in [0.2, 0.25) is 0 Å². The molecule has 2 N–H and O–H groups in total. The molecule has 0 unspecified atom stereocenters. The van der Waals surface area contributed by atoms with E-state index in [4.69, 9.17) is 23.2 Å². The maximum atomic E-state index is 6.00. The fourth-order valence-corrected chi connectivity index (χ4v) is 1.96. The molecule has 0 atom stereocenters. The van der Waals surface area contributed by atoms with E-state index in [1.165, 1.54) is 12.8 Å². The number of aromatic nitrogens is 1. The van der Waals surface area contributed by atoms with Gasteiger partial charge in [-0.25, -0.2) is 0 Å². The second kappa shape index (κ2) is 6.86. The Kier molecular flexibility index (Phi) is 6.07. The molecule has 1 aromatic heterocycles. The van der Waals surface area contributed by atoms with Crippen LogP contribution < -0.4 is 10.6 Å². The van der Waals surface area contributed by atoms with Gasteiger partial charge in [0.25, 0.3) is 0 Å². The number of rotatable bonds is 3. The Morgan fingerprint density at radius 3 is 2.61 bits per heavy atom. The fourth-order valence-electron chi connectivity index (χ4n) is 1.55. The Labute approximate surface area is 134 Å². The summed E-state index contributed by atoms with van der Waals surface area (Å²) in [6, 6.07) is 2.45. The van der Waals surface area contributed by atoms with Crippen LogP contribution in [0.25, 0.3) is 0 Å². The van der Waals surface area contributed by atoms with Crippen molar-refractivity contribution in [2.24, 2.45) is 12.0 Å². The normalized spacial score (nSPS) is 15.2. The number of nitrogens with one attached hydrogen (secondary N) is 2. The van der Waals surface area contributed by atoms with Crippen molar-refractivity contribution in [3.05, 3.63) is 21.9 Å². The standard InChI is InChI=1S/C11H16Cl2N4.HI/c1-14-11(16-7-3-4-7)15-6-8-5-9(12)10(13)17(8)2;/h5,7H,3-4,6H2,1-2H3,(H2,14,15,16);1H. The van der Waals surface area contributed by atoms with Crippen LogP contribution in [0.2, 0.25) is 10.2 Å². The maximum Gasteiger partial charge on any atom is 0.191 e. The minimum atomic E-state index is 0. The van der Waals surface area contributed by atoms with Crippen LogP contribution in [0.5, 0.6) is 0 Å². The third-order valence-corrected chi connectivity index (χ3v) is 3.64. The van der Waals surface area contributed by atoms with Gasteiger partial charge < -0.3 is 15.2 Å². The van der Waals surface area contributed by atoms with Gasteiger partial charge in [-0.05, 0) is 18.9 Å². The van der Waals surface area contributed by atoms with Gasteiger partial charge in [-0.1, -0.05) is 23.2 Å².